The smallest absolute Gasteiger partial charge is 0.290 e. The lowest BCUT2D eigenvalue weighted by Crippen LogP contribution is -2.23. The minimum absolute atomic E-state index is 0.0458. The fourth-order valence-electron chi connectivity index (χ4n) is 3.33. The Hall–Kier alpha value is -4.24. The first kappa shape index (κ1) is 22.0. The van der Waals surface area contributed by atoms with Gasteiger partial charge in [-0.1, -0.05) is 42.5 Å². The number of para-hydroxylation sites is 4. The van der Waals surface area contributed by atoms with E-state index in [9.17, 15) is 9.90 Å². The van der Waals surface area contributed by atoms with Crippen molar-refractivity contribution in [3.8, 4) is 28.8 Å². The quantitative estimate of drug-likeness (QED) is 0.303. The van der Waals surface area contributed by atoms with Gasteiger partial charge in [-0.15, -0.1) is 10.2 Å². The van der Waals surface area contributed by atoms with Crippen molar-refractivity contribution in [2.45, 2.75) is 0 Å². The first-order chi connectivity index (χ1) is 16.1. The Morgan fingerprint density at radius 2 is 1.39 bits per heavy atom. The zero-order chi connectivity index (χ0) is 23.4. The molecule has 0 unspecified atom stereocenters. The Bertz CT molecular complexity index is 1450. The van der Waals surface area contributed by atoms with Gasteiger partial charge >= 0.3 is 0 Å². The highest BCUT2D eigenvalue weighted by atomic mass is 32.1. The minimum Gasteiger partial charge on any atom is -0.495 e. The highest BCUT2D eigenvalue weighted by molar-refractivity contribution is 7.71. The van der Waals surface area contributed by atoms with Crippen LogP contribution in [0, 0.1) is 4.77 Å². The summed E-state index contributed by atoms with van der Waals surface area (Å²) in [6, 6.07) is 22.8. The predicted molar refractivity (Wildman–Crippen MR) is 128 cm³/mol. The van der Waals surface area contributed by atoms with Crippen LogP contribution in [0.5, 0.6) is 17.4 Å². The summed E-state index contributed by atoms with van der Waals surface area (Å²) in [7, 11) is 3.02. The molecule has 33 heavy (non-hydrogen) atoms. The number of nitrogens with zero attached hydrogens (tertiary/aromatic N) is 4. The van der Waals surface area contributed by atoms with E-state index in [1.807, 2.05) is 6.07 Å². The highest BCUT2D eigenvalue weighted by Crippen LogP contribution is 2.34. The third-order valence-corrected chi connectivity index (χ3v) is 5.26. The fraction of sp³-hybridized carbons (Fsp3) is 0.0833. The van der Waals surface area contributed by atoms with Crippen molar-refractivity contribution in [2.75, 3.05) is 14.2 Å². The van der Waals surface area contributed by atoms with Crippen LogP contribution in [0.3, 0.4) is 0 Å². The SMILES string of the molecule is COc1ccccc1N=Nc1c(O)n(-c2ccccc2OC)c(=S)n(-c2ccccc2)c1=O. The van der Waals surface area contributed by atoms with Gasteiger partial charge < -0.3 is 14.6 Å². The molecule has 0 aliphatic rings. The van der Waals surface area contributed by atoms with E-state index in [0.717, 1.165) is 0 Å². The minimum atomic E-state index is -0.617. The molecular weight excluding hydrogens is 440 g/mol. The van der Waals surface area contributed by atoms with Gasteiger partial charge in [0.1, 0.15) is 17.2 Å². The van der Waals surface area contributed by atoms with E-state index >= 15 is 0 Å². The monoisotopic (exact) mass is 460 g/mol. The maximum Gasteiger partial charge on any atom is 0.290 e. The standard InChI is InChI=1S/C24H20N4O4S/c1-31-19-14-8-6-12-17(19)25-26-21-22(29)27(16-10-4-3-5-11-16)24(33)28(23(21)30)18-13-7-9-15-20(18)32-2/h3-15,30H,1-2H3. The predicted octanol–water partition coefficient (Wildman–Crippen LogP) is 5.50. The Morgan fingerprint density at radius 1 is 0.788 bits per heavy atom. The van der Waals surface area contributed by atoms with Crippen LogP contribution >= 0.6 is 12.2 Å². The molecule has 0 fully saturated rings. The van der Waals surface area contributed by atoms with Crippen molar-refractivity contribution < 1.29 is 14.6 Å². The molecule has 4 rings (SSSR count). The van der Waals surface area contributed by atoms with Crippen molar-refractivity contribution in [1.82, 2.24) is 9.13 Å². The number of hydrogen-bond donors (Lipinski definition) is 1. The molecule has 0 aliphatic carbocycles. The molecule has 1 aromatic heterocycles. The number of ether oxygens (including phenoxy) is 2. The van der Waals surface area contributed by atoms with Crippen molar-refractivity contribution in [1.29, 1.82) is 0 Å². The van der Waals surface area contributed by atoms with E-state index < -0.39 is 11.4 Å². The van der Waals surface area contributed by atoms with E-state index in [1.54, 1.807) is 72.8 Å². The first-order valence-electron chi connectivity index (χ1n) is 9.91. The van der Waals surface area contributed by atoms with Crippen molar-refractivity contribution in [3.63, 3.8) is 0 Å². The molecule has 0 aliphatic heterocycles. The molecule has 8 nitrogen and oxygen atoms in total. The van der Waals surface area contributed by atoms with Crippen LogP contribution in [0.15, 0.2) is 93.9 Å². The molecule has 4 aromatic rings. The largest absolute Gasteiger partial charge is 0.495 e. The summed E-state index contributed by atoms with van der Waals surface area (Å²) in [5, 5.41) is 19.4. The molecule has 0 bridgehead atoms. The number of methoxy groups -OCH3 is 2. The molecule has 0 atom stereocenters. The Kier molecular flexibility index (Phi) is 6.32. The van der Waals surface area contributed by atoms with Gasteiger partial charge in [-0.05, 0) is 48.6 Å². The van der Waals surface area contributed by atoms with E-state index in [0.29, 0.717) is 28.6 Å². The lowest BCUT2D eigenvalue weighted by atomic mass is 10.2. The van der Waals surface area contributed by atoms with Gasteiger partial charge in [-0.2, -0.15) is 0 Å². The summed E-state index contributed by atoms with van der Waals surface area (Å²) < 4.78 is 13.4. The van der Waals surface area contributed by atoms with Crippen molar-refractivity contribution in [2.24, 2.45) is 10.2 Å². The Labute approximate surface area is 194 Å². The molecular formula is C24H20N4O4S. The average Bonchev–Trinajstić information content (AvgIpc) is 2.85. The van der Waals surface area contributed by atoms with E-state index in [2.05, 4.69) is 10.2 Å². The molecule has 0 spiro atoms. The van der Waals surface area contributed by atoms with E-state index in [-0.39, 0.29) is 10.5 Å². The molecule has 166 valence electrons. The highest BCUT2D eigenvalue weighted by Gasteiger charge is 2.21. The zero-order valence-electron chi connectivity index (χ0n) is 17.9. The van der Waals surface area contributed by atoms with Crippen LogP contribution < -0.4 is 15.0 Å². The second-order valence-electron chi connectivity index (χ2n) is 6.81. The number of azo groups is 1. The van der Waals surface area contributed by atoms with Crippen LogP contribution in [0.2, 0.25) is 0 Å². The Balaban J connectivity index is 2.04. The van der Waals surface area contributed by atoms with Crippen molar-refractivity contribution in [3.05, 3.63) is 94.0 Å². The van der Waals surface area contributed by atoms with Crippen LogP contribution in [0.25, 0.3) is 11.4 Å². The van der Waals surface area contributed by atoms with Crippen LogP contribution in [0.1, 0.15) is 0 Å². The summed E-state index contributed by atoms with van der Waals surface area (Å²) in [5.41, 5.74) is 0.458. The fourth-order valence-corrected chi connectivity index (χ4v) is 3.70. The lowest BCUT2D eigenvalue weighted by Gasteiger charge is -2.17. The molecule has 1 N–H and O–H groups in total. The topological polar surface area (TPSA) is 90.3 Å². The van der Waals surface area contributed by atoms with Crippen molar-refractivity contribution >= 4 is 23.6 Å². The second-order valence-corrected chi connectivity index (χ2v) is 7.18. The number of rotatable bonds is 6. The molecule has 9 heteroatoms. The van der Waals surface area contributed by atoms with E-state index in [1.165, 1.54) is 23.4 Å². The molecule has 0 saturated carbocycles. The first-order valence-corrected chi connectivity index (χ1v) is 10.3. The molecule has 1 heterocycles. The summed E-state index contributed by atoms with van der Waals surface area (Å²) in [6.45, 7) is 0. The third-order valence-electron chi connectivity index (χ3n) is 4.90. The molecule has 0 amide bonds. The van der Waals surface area contributed by atoms with Gasteiger partial charge in [0.2, 0.25) is 11.6 Å². The summed E-state index contributed by atoms with van der Waals surface area (Å²) in [6.07, 6.45) is 0. The van der Waals surface area contributed by atoms with Gasteiger partial charge in [0.05, 0.1) is 25.6 Å². The van der Waals surface area contributed by atoms with Crippen LogP contribution in [-0.4, -0.2) is 28.5 Å². The van der Waals surface area contributed by atoms with Gasteiger partial charge in [-0.25, -0.2) is 0 Å². The maximum atomic E-state index is 13.4. The maximum absolute atomic E-state index is 13.4. The molecule has 0 saturated heterocycles. The van der Waals surface area contributed by atoms with Gasteiger partial charge in [0, 0.05) is 0 Å². The van der Waals surface area contributed by atoms with E-state index in [4.69, 9.17) is 21.7 Å². The summed E-state index contributed by atoms with van der Waals surface area (Å²) in [5.74, 6) is 0.469. The average molecular weight is 461 g/mol. The normalized spacial score (nSPS) is 11.0. The molecule has 3 aromatic carbocycles. The lowest BCUT2D eigenvalue weighted by molar-refractivity contribution is 0.402. The van der Waals surface area contributed by atoms with Gasteiger partial charge in [0.25, 0.3) is 5.56 Å². The zero-order valence-corrected chi connectivity index (χ0v) is 18.7. The van der Waals surface area contributed by atoms with Gasteiger partial charge in [0.15, 0.2) is 4.77 Å². The third kappa shape index (κ3) is 4.13. The number of hydrogen-bond acceptors (Lipinski definition) is 7. The number of aromatic hydroxyl groups is 1. The summed E-state index contributed by atoms with van der Waals surface area (Å²) >= 11 is 5.63. The number of benzene rings is 3. The number of aromatic nitrogens is 2. The Morgan fingerprint density at radius 3 is 2.09 bits per heavy atom. The summed E-state index contributed by atoms with van der Waals surface area (Å²) in [4.78, 5) is 13.4. The molecule has 0 radical (unpaired) electrons. The van der Waals surface area contributed by atoms with Gasteiger partial charge in [-0.3, -0.25) is 13.9 Å². The second kappa shape index (κ2) is 9.49. The van der Waals surface area contributed by atoms with Crippen LogP contribution in [-0.2, 0) is 0 Å². The van der Waals surface area contributed by atoms with Crippen LogP contribution in [0.4, 0.5) is 11.4 Å².